The number of hydrogen-bond acceptors (Lipinski definition) is 3. The molecule has 1 saturated heterocycles. The van der Waals surface area contributed by atoms with Crippen molar-refractivity contribution in [3.05, 3.63) is 29.6 Å². The summed E-state index contributed by atoms with van der Waals surface area (Å²) in [6.45, 7) is 4.01. The molecule has 0 aliphatic carbocycles. The molecule has 0 bridgehead atoms. The average molecular weight is 251 g/mol. The van der Waals surface area contributed by atoms with Crippen LogP contribution in [0.15, 0.2) is 18.2 Å². The van der Waals surface area contributed by atoms with Gasteiger partial charge < -0.3 is 11.1 Å². The zero-order valence-corrected chi connectivity index (χ0v) is 10.4. The highest BCUT2D eigenvalue weighted by Crippen LogP contribution is 2.19. The van der Waals surface area contributed by atoms with E-state index in [1.165, 1.54) is 12.1 Å². The Labute approximate surface area is 106 Å². The Morgan fingerprint density at radius 1 is 1.56 bits per heavy atom. The monoisotopic (exact) mass is 251 g/mol. The van der Waals surface area contributed by atoms with E-state index in [2.05, 4.69) is 10.2 Å². The fourth-order valence-electron chi connectivity index (χ4n) is 2.32. The quantitative estimate of drug-likeness (QED) is 0.791. The first-order valence-electron chi connectivity index (χ1n) is 6.17. The number of benzene rings is 1. The fraction of sp³-hybridized carbons (Fsp3) is 0.462. The van der Waals surface area contributed by atoms with Crippen molar-refractivity contribution in [2.45, 2.75) is 25.9 Å². The summed E-state index contributed by atoms with van der Waals surface area (Å²) in [7, 11) is 0. The molecule has 98 valence electrons. The van der Waals surface area contributed by atoms with Crippen molar-refractivity contribution in [1.82, 2.24) is 10.2 Å². The van der Waals surface area contributed by atoms with Crippen molar-refractivity contribution >= 4 is 11.6 Å². The van der Waals surface area contributed by atoms with Gasteiger partial charge in [-0.3, -0.25) is 9.69 Å². The molecule has 0 radical (unpaired) electrons. The highest BCUT2D eigenvalue weighted by Gasteiger charge is 2.28. The van der Waals surface area contributed by atoms with E-state index >= 15 is 0 Å². The molecule has 1 aromatic rings. The minimum absolute atomic E-state index is 0.0597. The van der Waals surface area contributed by atoms with Crippen LogP contribution in [0.4, 0.5) is 10.1 Å². The van der Waals surface area contributed by atoms with Gasteiger partial charge in [0, 0.05) is 25.3 Å². The predicted molar refractivity (Wildman–Crippen MR) is 68.3 cm³/mol. The molecule has 1 fully saturated rings. The molecule has 18 heavy (non-hydrogen) atoms. The SMILES string of the molecule is CCC1C(=O)NCCN1Cc1ccc(F)cc1N. The number of carbonyl (C=O) groups is 1. The molecular weight excluding hydrogens is 233 g/mol. The van der Waals surface area contributed by atoms with E-state index in [1.54, 1.807) is 6.07 Å². The third-order valence-corrected chi connectivity index (χ3v) is 3.31. The lowest BCUT2D eigenvalue weighted by Crippen LogP contribution is -2.54. The molecule has 2 rings (SSSR count). The van der Waals surface area contributed by atoms with Crippen LogP contribution in [0.2, 0.25) is 0 Å². The molecule has 1 aliphatic rings. The molecule has 1 aromatic carbocycles. The minimum atomic E-state index is -0.334. The Hall–Kier alpha value is -1.62. The average Bonchev–Trinajstić information content (AvgIpc) is 2.33. The molecule has 0 spiro atoms. The van der Waals surface area contributed by atoms with E-state index < -0.39 is 0 Å². The van der Waals surface area contributed by atoms with E-state index in [9.17, 15) is 9.18 Å². The number of halogens is 1. The molecule has 1 amide bonds. The second kappa shape index (κ2) is 5.35. The Morgan fingerprint density at radius 2 is 2.33 bits per heavy atom. The summed E-state index contributed by atoms with van der Waals surface area (Å²) in [4.78, 5) is 13.8. The number of nitrogens with one attached hydrogen (secondary N) is 1. The number of nitrogens with two attached hydrogens (primary N) is 1. The molecular formula is C13H18FN3O. The van der Waals surface area contributed by atoms with Gasteiger partial charge in [0.1, 0.15) is 5.82 Å². The number of carbonyl (C=O) groups excluding carboxylic acids is 1. The summed E-state index contributed by atoms with van der Waals surface area (Å²) in [6.07, 6.45) is 0.757. The van der Waals surface area contributed by atoms with Crippen molar-refractivity contribution in [3.63, 3.8) is 0 Å². The van der Waals surface area contributed by atoms with E-state index in [0.29, 0.717) is 18.8 Å². The number of piperazine rings is 1. The van der Waals surface area contributed by atoms with Crippen LogP contribution >= 0.6 is 0 Å². The first kappa shape index (κ1) is 12.8. The Balaban J connectivity index is 2.14. The zero-order chi connectivity index (χ0) is 13.1. The highest BCUT2D eigenvalue weighted by atomic mass is 19.1. The zero-order valence-electron chi connectivity index (χ0n) is 10.4. The van der Waals surface area contributed by atoms with Gasteiger partial charge in [-0.15, -0.1) is 0 Å². The van der Waals surface area contributed by atoms with Crippen molar-refractivity contribution in [1.29, 1.82) is 0 Å². The van der Waals surface area contributed by atoms with Crippen molar-refractivity contribution in [3.8, 4) is 0 Å². The van der Waals surface area contributed by atoms with Gasteiger partial charge in [-0.05, 0) is 24.1 Å². The molecule has 0 saturated carbocycles. The predicted octanol–water partition coefficient (Wildman–Crippen LogP) is 1.12. The third-order valence-electron chi connectivity index (χ3n) is 3.31. The van der Waals surface area contributed by atoms with Gasteiger partial charge in [-0.1, -0.05) is 13.0 Å². The van der Waals surface area contributed by atoms with Crippen LogP contribution in [0.25, 0.3) is 0 Å². The van der Waals surface area contributed by atoms with Crippen molar-refractivity contribution in [2.24, 2.45) is 0 Å². The van der Waals surface area contributed by atoms with Crippen LogP contribution < -0.4 is 11.1 Å². The number of amides is 1. The van der Waals surface area contributed by atoms with Crippen LogP contribution in [-0.4, -0.2) is 29.9 Å². The highest BCUT2D eigenvalue weighted by molar-refractivity contribution is 5.82. The lowest BCUT2D eigenvalue weighted by Gasteiger charge is -2.34. The van der Waals surface area contributed by atoms with Gasteiger partial charge in [0.25, 0.3) is 0 Å². The molecule has 1 atom stereocenters. The summed E-state index contributed by atoms with van der Waals surface area (Å²) in [6, 6.07) is 4.28. The molecule has 3 N–H and O–H groups in total. The Bertz CT molecular complexity index is 450. The van der Waals surface area contributed by atoms with Gasteiger partial charge in [0.05, 0.1) is 6.04 Å². The van der Waals surface area contributed by atoms with Crippen LogP contribution in [0.5, 0.6) is 0 Å². The van der Waals surface area contributed by atoms with Crippen LogP contribution in [0.3, 0.4) is 0 Å². The van der Waals surface area contributed by atoms with Crippen molar-refractivity contribution < 1.29 is 9.18 Å². The summed E-state index contributed by atoms with van der Waals surface area (Å²) >= 11 is 0. The number of nitrogen functional groups attached to an aromatic ring is 1. The Kier molecular flexibility index (Phi) is 3.81. The molecule has 1 aliphatic heterocycles. The van der Waals surface area contributed by atoms with Crippen molar-refractivity contribution in [2.75, 3.05) is 18.8 Å². The first-order valence-corrected chi connectivity index (χ1v) is 6.17. The minimum Gasteiger partial charge on any atom is -0.398 e. The summed E-state index contributed by atoms with van der Waals surface area (Å²) in [5, 5.41) is 2.85. The third kappa shape index (κ3) is 2.61. The van der Waals surface area contributed by atoms with Gasteiger partial charge in [-0.2, -0.15) is 0 Å². The topological polar surface area (TPSA) is 58.4 Å². The second-order valence-electron chi connectivity index (χ2n) is 4.53. The maximum atomic E-state index is 13.0. The smallest absolute Gasteiger partial charge is 0.237 e. The fourth-order valence-corrected chi connectivity index (χ4v) is 2.32. The standard InChI is InChI=1S/C13H18FN3O/c1-2-12-13(18)16-5-6-17(12)8-9-3-4-10(14)7-11(9)15/h3-4,7,12H,2,5-6,8,15H2,1H3,(H,16,18). The van der Waals surface area contributed by atoms with E-state index in [-0.39, 0.29) is 17.8 Å². The normalized spacial score (nSPS) is 20.8. The van der Waals surface area contributed by atoms with Gasteiger partial charge in [0.2, 0.25) is 5.91 Å². The number of nitrogens with zero attached hydrogens (tertiary/aromatic N) is 1. The lowest BCUT2D eigenvalue weighted by molar-refractivity contribution is -0.129. The molecule has 1 unspecified atom stereocenters. The molecule has 0 aromatic heterocycles. The largest absolute Gasteiger partial charge is 0.398 e. The Morgan fingerprint density at radius 3 is 3.00 bits per heavy atom. The summed E-state index contributed by atoms with van der Waals surface area (Å²) < 4.78 is 13.0. The summed E-state index contributed by atoms with van der Waals surface area (Å²) in [5.74, 6) is -0.274. The summed E-state index contributed by atoms with van der Waals surface area (Å²) in [5.41, 5.74) is 7.10. The number of anilines is 1. The van der Waals surface area contributed by atoms with Gasteiger partial charge >= 0.3 is 0 Å². The van der Waals surface area contributed by atoms with Crippen LogP contribution in [0, 0.1) is 5.82 Å². The maximum absolute atomic E-state index is 13.0. The van der Waals surface area contributed by atoms with Crippen LogP contribution in [0.1, 0.15) is 18.9 Å². The van der Waals surface area contributed by atoms with E-state index in [0.717, 1.165) is 18.5 Å². The number of hydrogen-bond donors (Lipinski definition) is 2. The maximum Gasteiger partial charge on any atom is 0.237 e. The van der Waals surface area contributed by atoms with Crippen LogP contribution in [-0.2, 0) is 11.3 Å². The number of rotatable bonds is 3. The van der Waals surface area contributed by atoms with Gasteiger partial charge in [0.15, 0.2) is 0 Å². The molecule has 4 nitrogen and oxygen atoms in total. The molecule has 1 heterocycles. The lowest BCUT2D eigenvalue weighted by atomic mass is 10.1. The van der Waals surface area contributed by atoms with Gasteiger partial charge in [-0.25, -0.2) is 4.39 Å². The molecule has 5 heteroatoms. The van der Waals surface area contributed by atoms with E-state index in [1.807, 2.05) is 6.92 Å². The van der Waals surface area contributed by atoms with E-state index in [4.69, 9.17) is 5.73 Å². The first-order chi connectivity index (χ1) is 8.61. The second-order valence-corrected chi connectivity index (χ2v) is 4.53.